The minimum atomic E-state index is -0.298. The van der Waals surface area contributed by atoms with Crippen molar-refractivity contribution in [2.24, 2.45) is 34.5 Å². The van der Waals surface area contributed by atoms with Crippen LogP contribution in [-0.4, -0.2) is 38.3 Å². The van der Waals surface area contributed by atoms with Crippen molar-refractivity contribution in [3.63, 3.8) is 0 Å². The predicted octanol–water partition coefficient (Wildman–Crippen LogP) is 5.43. The van der Waals surface area contributed by atoms with Crippen molar-refractivity contribution >= 4 is 5.97 Å². The molecule has 0 radical (unpaired) electrons. The van der Waals surface area contributed by atoms with Crippen molar-refractivity contribution in [3.8, 4) is 11.3 Å². The van der Waals surface area contributed by atoms with Crippen LogP contribution in [0.3, 0.4) is 0 Å². The number of aliphatic hydroxyl groups excluding tert-OH is 1. The van der Waals surface area contributed by atoms with Crippen molar-refractivity contribution in [3.05, 3.63) is 36.5 Å². The number of ether oxygens (including phenoxy) is 1. The van der Waals surface area contributed by atoms with Crippen molar-refractivity contribution < 1.29 is 14.6 Å². The highest BCUT2D eigenvalue weighted by molar-refractivity contribution is 5.66. The van der Waals surface area contributed by atoms with Gasteiger partial charge in [0.2, 0.25) is 0 Å². The maximum absolute atomic E-state index is 11.6. The lowest BCUT2D eigenvalue weighted by Crippen LogP contribution is -2.55. The lowest BCUT2D eigenvalue weighted by atomic mass is 9.45. The Morgan fingerprint density at radius 2 is 1.83 bits per heavy atom. The predicted molar refractivity (Wildman–Crippen MR) is 133 cm³/mol. The molecule has 6 heteroatoms. The quantitative estimate of drug-likeness (QED) is 0.597. The van der Waals surface area contributed by atoms with Gasteiger partial charge in [-0.05, 0) is 85.9 Å². The summed E-state index contributed by atoms with van der Waals surface area (Å²) in [5, 5.41) is 20.5. The van der Waals surface area contributed by atoms with E-state index >= 15 is 0 Å². The van der Waals surface area contributed by atoms with Crippen LogP contribution >= 0.6 is 0 Å². The number of nitrogens with zero attached hydrogens (tertiary/aromatic N) is 3. The Hall–Kier alpha value is -2.21. The van der Waals surface area contributed by atoms with E-state index in [1.165, 1.54) is 26.2 Å². The molecule has 4 fully saturated rings. The molecule has 1 aromatic heterocycles. The molecular weight excluding hydrogens is 438 g/mol. The summed E-state index contributed by atoms with van der Waals surface area (Å²) in [4.78, 5) is 11.6. The maximum Gasteiger partial charge on any atom is 0.302 e. The van der Waals surface area contributed by atoms with Gasteiger partial charge < -0.3 is 9.84 Å². The summed E-state index contributed by atoms with van der Waals surface area (Å²) in [6.45, 7) is 6.38. The molecule has 6 rings (SSSR count). The molecule has 35 heavy (non-hydrogen) atoms. The molecule has 188 valence electrons. The first kappa shape index (κ1) is 23.2. The van der Waals surface area contributed by atoms with Gasteiger partial charge in [0.15, 0.2) is 0 Å². The molecule has 4 aliphatic rings. The molecule has 1 heterocycles. The Kier molecular flexibility index (Phi) is 5.59. The lowest BCUT2D eigenvalue weighted by Gasteiger charge is -2.61. The highest BCUT2D eigenvalue weighted by Crippen LogP contribution is 2.68. The highest BCUT2D eigenvalue weighted by atomic mass is 16.5. The minimum Gasteiger partial charge on any atom is -0.463 e. The van der Waals surface area contributed by atoms with Gasteiger partial charge in [-0.25, -0.2) is 4.68 Å². The smallest absolute Gasteiger partial charge is 0.302 e. The van der Waals surface area contributed by atoms with Gasteiger partial charge in [-0.2, -0.15) is 0 Å². The summed E-state index contributed by atoms with van der Waals surface area (Å²) < 4.78 is 7.72. The van der Waals surface area contributed by atoms with Gasteiger partial charge in [0.1, 0.15) is 11.8 Å². The number of esters is 1. The van der Waals surface area contributed by atoms with Gasteiger partial charge in [-0.3, -0.25) is 4.79 Å². The van der Waals surface area contributed by atoms with Gasteiger partial charge in [-0.1, -0.05) is 49.4 Å². The zero-order chi connectivity index (χ0) is 24.4. The molecule has 1 aromatic carbocycles. The van der Waals surface area contributed by atoms with E-state index in [4.69, 9.17) is 4.74 Å². The number of hydrogen-bond acceptors (Lipinski definition) is 5. The second-order valence-corrected chi connectivity index (χ2v) is 12.4. The number of aromatic nitrogens is 3. The van der Waals surface area contributed by atoms with E-state index in [9.17, 15) is 9.90 Å². The standard InChI is InChI=1S/C29H39N3O3/c1-18(33)35-21-11-13-28(2)20(15-21)9-10-22-23(28)12-14-29(3)26(34)16-25(27(22)29)32-17-24(30-31-32)19-7-5-4-6-8-19/h4-8,17,20-23,25-27,34H,9-16H2,1-3H3/t20-,21-,22+,23-,25+,26-,27+,28-,29+/m0/s1. The zero-order valence-electron chi connectivity index (χ0n) is 21.3. The van der Waals surface area contributed by atoms with E-state index in [1.54, 1.807) is 0 Å². The second kappa shape index (κ2) is 8.43. The van der Waals surface area contributed by atoms with Crippen molar-refractivity contribution in [2.45, 2.75) is 90.4 Å². The molecular formula is C29H39N3O3. The van der Waals surface area contributed by atoms with Crippen LogP contribution in [0.4, 0.5) is 0 Å². The molecule has 0 unspecified atom stereocenters. The van der Waals surface area contributed by atoms with E-state index in [0.29, 0.717) is 23.7 Å². The largest absolute Gasteiger partial charge is 0.463 e. The van der Waals surface area contributed by atoms with Crippen LogP contribution in [-0.2, 0) is 9.53 Å². The summed E-state index contributed by atoms with van der Waals surface area (Å²) in [5.74, 6) is 2.12. The van der Waals surface area contributed by atoms with Crippen LogP contribution in [0.1, 0.15) is 78.2 Å². The van der Waals surface area contributed by atoms with Crippen molar-refractivity contribution in [2.75, 3.05) is 0 Å². The highest BCUT2D eigenvalue weighted by Gasteiger charge is 2.63. The number of aliphatic hydroxyl groups is 1. The first-order valence-electron chi connectivity index (χ1n) is 13.6. The Morgan fingerprint density at radius 3 is 2.60 bits per heavy atom. The molecule has 0 aliphatic heterocycles. The third kappa shape index (κ3) is 3.66. The van der Waals surface area contributed by atoms with Gasteiger partial charge >= 0.3 is 5.97 Å². The summed E-state index contributed by atoms with van der Waals surface area (Å²) in [5.41, 5.74) is 2.21. The fourth-order valence-electron chi connectivity index (χ4n) is 9.05. The number of fused-ring (bicyclic) bond motifs is 5. The number of carbonyl (C=O) groups is 1. The third-order valence-electron chi connectivity index (χ3n) is 10.8. The minimum absolute atomic E-state index is 0.0666. The van der Waals surface area contributed by atoms with Crippen LogP contribution in [0.15, 0.2) is 36.5 Å². The molecule has 0 amide bonds. The number of hydrogen-bond donors (Lipinski definition) is 1. The normalized spacial score (nSPS) is 42.6. The average Bonchev–Trinajstić information content (AvgIpc) is 3.43. The number of carbonyl (C=O) groups excluding carboxylic acids is 1. The summed E-state index contributed by atoms with van der Waals surface area (Å²) >= 11 is 0. The van der Waals surface area contributed by atoms with Gasteiger partial charge in [0.25, 0.3) is 0 Å². The Labute approximate surface area is 208 Å². The SMILES string of the molecule is CC(=O)O[C@H]1CC[C@@]2(C)[C@@H](CC[C@H]3[C@@H]4[C@H](n5cc(-c6ccccc6)nn5)C[C@H](O)[C@@]4(C)CC[C@@H]32)C1. The van der Waals surface area contributed by atoms with Crippen LogP contribution in [0.2, 0.25) is 0 Å². The topological polar surface area (TPSA) is 77.2 Å². The van der Waals surface area contributed by atoms with E-state index in [0.717, 1.165) is 43.4 Å². The molecule has 0 spiro atoms. The summed E-state index contributed by atoms with van der Waals surface area (Å²) in [6.07, 6.45) is 10.4. The Balaban J connectivity index is 1.29. The van der Waals surface area contributed by atoms with Crippen LogP contribution in [0, 0.1) is 34.5 Å². The number of rotatable bonds is 3. The van der Waals surface area contributed by atoms with E-state index in [-0.39, 0.29) is 35.0 Å². The molecule has 1 N–H and O–H groups in total. The van der Waals surface area contributed by atoms with Gasteiger partial charge in [0.05, 0.1) is 18.3 Å². The summed E-state index contributed by atoms with van der Waals surface area (Å²) in [6, 6.07) is 10.4. The summed E-state index contributed by atoms with van der Waals surface area (Å²) in [7, 11) is 0. The van der Waals surface area contributed by atoms with Gasteiger partial charge in [-0.15, -0.1) is 5.10 Å². The van der Waals surface area contributed by atoms with E-state index < -0.39 is 0 Å². The van der Waals surface area contributed by atoms with Crippen molar-refractivity contribution in [1.82, 2.24) is 15.0 Å². The fraction of sp³-hybridized carbons (Fsp3) is 0.690. The van der Waals surface area contributed by atoms with Crippen LogP contribution in [0.5, 0.6) is 0 Å². The first-order chi connectivity index (χ1) is 16.8. The van der Waals surface area contributed by atoms with Crippen LogP contribution in [0.25, 0.3) is 11.3 Å². The fourth-order valence-corrected chi connectivity index (χ4v) is 9.05. The first-order valence-corrected chi connectivity index (χ1v) is 13.6. The van der Waals surface area contributed by atoms with Crippen molar-refractivity contribution in [1.29, 1.82) is 0 Å². The molecule has 4 aliphatic carbocycles. The molecule has 0 bridgehead atoms. The zero-order valence-corrected chi connectivity index (χ0v) is 21.3. The molecule has 6 nitrogen and oxygen atoms in total. The molecule has 0 saturated heterocycles. The second-order valence-electron chi connectivity index (χ2n) is 12.4. The Morgan fingerprint density at radius 1 is 1.06 bits per heavy atom. The maximum atomic E-state index is 11.6. The van der Waals surface area contributed by atoms with Crippen LogP contribution < -0.4 is 0 Å². The van der Waals surface area contributed by atoms with E-state index in [2.05, 4.69) is 47.2 Å². The van der Waals surface area contributed by atoms with Gasteiger partial charge in [0, 0.05) is 12.5 Å². The molecule has 2 aromatic rings. The van der Waals surface area contributed by atoms with E-state index in [1.807, 2.05) is 18.2 Å². The molecule has 4 saturated carbocycles. The Bertz CT molecular complexity index is 1090. The third-order valence-corrected chi connectivity index (χ3v) is 10.8. The number of benzene rings is 1. The average molecular weight is 478 g/mol. The lowest BCUT2D eigenvalue weighted by molar-refractivity contribution is -0.162. The monoisotopic (exact) mass is 477 g/mol. The molecule has 9 atom stereocenters.